The molecule has 0 aliphatic heterocycles. The molecule has 0 saturated heterocycles. The maximum absolute atomic E-state index is 13.0. The molecule has 0 bridgehead atoms. The van der Waals surface area contributed by atoms with Gasteiger partial charge in [0.1, 0.15) is 13.1 Å². The Kier molecular flexibility index (Phi) is 6.33. The summed E-state index contributed by atoms with van der Waals surface area (Å²) in [5, 5.41) is 3.04. The molecule has 2 aromatic carbocycles. The summed E-state index contributed by atoms with van der Waals surface area (Å²) in [6, 6.07) is 16.0. The third kappa shape index (κ3) is 5.03. The molecule has 3 rings (SSSR count). The molecule has 1 heterocycles. The van der Waals surface area contributed by atoms with Gasteiger partial charge in [-0.25, -0.2) is 8.42 Å². The summed E-state index contributed by atoms with van der Waals surface area (Å²) in [6.07, 6.45) is 1.48. The lowest BCUT2D eigenvalue weighted by Gasteiger charge is -2.07. The molecule has 1 N–H and O–H groups in total. The van der Waals surface area contributed by atoms with Crippen LogP contribution in [0.3, 0.4) is 0 Å². The number of hydrogen-bond acceptors (Lipinski definition) is 5. The van der Waals surface area contributed by atoms with E-state index < -0.39 is 21.7 Å². The number of ether oxygens (including phenoxy) is 1. The van der Waals surface area contributed by atoms with E-state index in [9.17, 15) is 18.0 Å². The molecule has 0 spiro atoms. The Morgan fingerprint density at radius 1 is 1.03 bits per heavy atom. The first-order chi connectivity index (χ1) is 13.9. The fourth-order valence-electron chi connectivity index (χ4n) is 3.06. The number of benzene rings is 2. The van der Waals surface area contributed by atoms with E-state index in [-0.39, 0.29) is 30.3 Å². The van der Waals surface area contributed by atoms with E-state index >= 15 is 0 Å². The number of carbonyl (C=O) groups is 2. The number of fused-ring (bicyclic) bond motifs is 1. The van der Waals surface area contributed by atoms with Crippen LogP contribution in [-0.4, -0.2) is 38.0 Å². The first kappa shape index (κ1) is 20.6. The lowest BCUT2D eigenvalue weighted by molar-refractivity contribution is -0.143. The Morgan fingerprint density at radius 3 is 2.45 bits per heavy atom. The number of aromatic nitrogens is 1. The number of sulfone groups is 1. The van der Waals surface area contributed by atoms with Crippen molar-refractivity contribution in [2.45, 2.75) is 24.1 Å². The van der Waals surface area contributed by atoms with Crippen molar-refractivity contribution in [2.24, 2.45) is 0 Å². The molecule has 0 unspecified atom stereocenters. The molecule has 8 heteroatoms. The molecule has 29 heavy (non-hydrogen) atoms. The van der Waals surface area contributed by atoms with Gasteiger partial charge >= 0.3 is 5.97 Å². The summed E-state index contributed by atoms with van der Waals surface area (Å²) in [4.78, 5) is 23.8. The SMILES string of the molecule is CCOC(=O)CNC(=O)Cn1cc(S(=O)(=O)Cc2ccccc2)c2ccccc21. The second-order valence-corrected chi connectivity index (χ2v) is 8.42. The highest BCUT2D eigenvalue weighted by Crippen LogP contribution is 2.28. The zero-order valence-electron chi connectivity index (χ0n) is 16.0. The average Bonchev–Trinajstić information content (AvgIpc) is 3.07. The van der Waals surface area contributed by atoms with Crippen LogP contribution in [0.1, 0.15) is 12.5 Å². The third-order valence-corrected chi connectivity index (χ3v) is 6.04. The van der Waals surface area contributed by atoms with Gasteiger partial charge in [-0.05, 0) is 18.6 Å². The smallest absolute Gasteiger partial charge is 0.325 e. The molecule has 0 fully saturated rings. The van der Waals surface area contributed by atoms with Crippen LogP contribution in [0, 0.1) is 0 Å². The van der Waals surface area contributed by atoms with E-state index in [4.69, 9.17) is 4.74 Å². The van der Waals surface area contributed by atoms with Crippen molar-refractivity contribution in [3.8, 4) is 0 Å². The molecule has 0 aliphatic rings. The van der Waals surface area contributed by atoms with E-state index in [0.717, 1.165) is 0 Å². The van der Waals surface area contributed by atoms with Crippen molar-refractivity contribution >= 4 is 32.6 Å². The Labute approximate surface area is 169 Å². The quantitative estimate of drug-likeness (QED) is 0.571. The fourth-order valence-corrected chi connectivity index (χ4v) is 4.64. The minimum Gasteiger partial charge on any atom is -0.465 e. The predicted molar refractivity (Wildman–Crippen MR) is 109 cm³/mol. The maximum atomic E-state index is 13.0. The highest BCUT2D eigenvalue weighted by Gasteiger charge is 2.22. The molecule has 0 saturated carbocycles. The molecule has 0 radical (unpaired) electrons. The number of rotatable bonds is 8. The zero-order valence-corrected chi connectivity index (χ0v) is 16.8. The molecule has 1 amide bonds. The van der Waals surface area contributed by atoms with Gasteiger partial charge in [-0.15, -0.1) is 0 Å². The minimum atomic E-state index is -3.61. The fraction of sp³-hybridized carbons (Fsp3) is 0.238. The molecule has 1 aromatic heterocycles. The number of esters is 1. The van der Waals surface area contributed by atoms with Crippen LogP contribution in [0.25, 0.3) is 10.9 Å². The van der Waals surface area contributed by atoms with Gasteiger partial charge < -0.3 is 14.6 Å². The van der Waals surface area contributed by atoms with Crippen molar-refractivity contribution in [2.75, 3.05) is 13.2 Å². The van der Waals surface area contributed by atoms with Crippen LogP contribution in [0.4, 0.5) is 0 Å². The molecule has 152 valence electrons. The Bertz CT molecular complexity index is 1120. The number of nitrogens with one attached hydrogen (secondary N) is 1. The van der Waals surface area contributed by atoms with E-state index in [1.165, 1.54) is 6.20 Å². The average molecular weight is 414 g/mol. The van der Waals surface area contributed by atoms with Crippen molar-refractivity contribution in [1.29, 1.82) is 0 Å². The van der Waals surface area contributed by atoms with Gasteiger partial charge in [0, 0.05) is 17.1 Å². The minimum absolute atomic E-state index is 0.110. The van der Waals surface area contributed by atoms with Gasteiger partial charge in [0.25, 0.3) is 0 Å². The Balaban J connectivity index is 1.85. The summed E-state index contributed by atoms with van der Waals surface area (Å²) in [6.45, 7) is 1.58. The lowest BCUT2D eigenvalue weighted by Crippen LogP contribution is -2.33. The highest BCUT2D eigenvalue weighted by atomic mass is 32.2. The van der Waals surface area contributed by atoms with Crippen LogP contribution in [0.2, 0.25) is 0 Å². The number of para-hydroxylation sites is 1. The van der Waals surface area contributed by atoms with Gasteiger partial charge in [0.2, 0.25) is 5.91 Å². The van der Waals surface area contributed by atoms with Crippen molar-refractivity contribution < 1.29 is 22.7 Å². The molecule has 0 aliphatic carbocycles. The van der Waals surface area contributed by atoms with Crippen LogP contribution in [0.15, 0.2) is 65.7 Å². The predicted octanol–water partition coefficient (Wildman–Crippen LogP) is 2.29. The molecular formula is C21H22N2O5S. The van der Waals surface area contributed by atoms with E-state index in [2.05, 4.69) is 5.32 Å². The van der Waals surface area contributed by atoms with Crippen LogP contribution < -0.4 is 5.32 Å². The van der Waals surface area contributed by atoms with E-state index in [1.54, 1.807) is 60.0 Å². The zero-order chi connectivity index (χ0) is 20.9. The lowest BCUT2D eigenvalue weighted by atomic mass is 10.2. The number of nitrogens with zero attached hydrogens (tertiary/aromatic N) is 1. The first-order valence-corrected chi connectivity index (χ1v) is 10.8. The van der Waals surface area contributed by atoms with Gasteiger partial charge in [-0.1, -0.05) is 48.5 Å². The summed E-state index contributed by atoms with van der Waals surface area (Å²) in [7, 11) is -3.61. The Morgan fingerprint density at radius 2 is 1.72 bits per heavy atom. The van der Waals surface area contributed by atoms with Crippen LogP contribution in [-0.2, 0) is 36.5 Å². The van der Waals surface area contributed by atoms with Crippen LogP contribution >= 0.6 is 0 Å². The van der Waals surface area contributed by atoms with Crippen LogP contribution in [0.5, 0.6) is 0 Å². The monoisotopic (exact) mass is 414 g/mol. The van der Waals surface area contributed by atoms with Gasteiger partial charge in [-0.2, -0.15) is 0 Å². The molecule has 0 atom stereocenters. The summed E-state index contributed by atoms with van der Waals surface area (Å²) >= 11 is 0. The summed E-state index contributed by atoms with van der Waals surface area (Å²) in [5.74, 6) is -1.06. The van der Waals surface area contributed by atoms with E-state index in [0.29, 0.717) is 16.5 Å². The standard InChI is InChI=1S/C21H22N2O5S/c1-2-28-21(25)12-22-20(24)14-23-13-19(17-10-6-7-11-18(17)23)29(26,27)15-16-8-4-3-5-9-16/h3-11,13H,2,12,14-15H2,1H3,(H,22,24). The Hall–Kier alpha value is -3.13. The van der Waals surface area contributed by atoms with E-state index in [1.807, 2.05) is 6.07 Å². The van der Waals surface area contributed by atoms with Crippen molar-refractivity contribution in [3.63, 3.8) is 0 Å². The molecule has 7 nitrogen and oxygen atoms in total. The van der Waals surface area contributed by atoms with Gasteiger partial charge in [0.05, 0.1) is 17.3 Å². The third-order valence-electron chi connectivity index (χ3n) is 4.34. The van der Waals surface area contributed by atoms with Gasteiger partial charge in [0.15, 0.2) is 9.84 Å². The van der Waals surface area contributed by atoms with Crippen molar-refractivity contribution in [1.82, 2.24) is 9.88 Å². The van der Waals surface area contributed by atoms with Gasteiger partial charge in [-0.3, -0.25) is 9.59 Å². The highest BCUT2D eigenvalue weighted by molar-refractivity contribution is 7.90. The molecule has 3 aromatic rings. The number of amides is 1. The largest absolute Gasteiger partial charge is 0.465 e. The number of carbonyl (C=O) groups excluding carboxylic acids is 2. The topological polar surface area (TPSA) is 94.5 Å². The second kappa shape index (κ2) is 8.91. The maximum Gasteiger partial charge on any atom is 0.325 e. The number of hydrogen-bond donors (Lipinski definition) is 1. The first-order valence-electron chi connectivity index (χ1n) is 9.17. The van der Waals surface area contributed by atoms with Crippen molar-refractivity contribution in [3.05, 3.63) is 66.4 Å². The molecular weight excluding hydrogens is 392 g/mol. The summed E-state index contributed by atoms with van der Waals surface area (Å²) in [5.41, 5.74) is 1.32. The summed E-state index contributed by atoms with van der Waals surface area (Å²) < 4.78 is 32.4. The second-order valence-electron chi connectivity index (χ2n) is 6.46. The normalized spacial score (nSPS) is 11.3.